The van der Waals surface area contributed by atoms with Crippen LogP contribution in [-0.2, 0) is 14.3 Å². The highest BCUT2D eigenvalue weighted by atomic mass is 16.5. The lowest BCUT2D eigenvalue weighted by Crippen LogP contribution is -2.24. The lowest BCUT2D eigenvalue weighted by molar-refractivity contribution is -0.138. The summed E-state index contributed by atoms with van der Waals surface area (Å²) in [6, 6.07) is 6.98. The fourth-order valence-corrected chi connectivity index (χ4v) is 1.74. The number of nitrogens with zero attached hydrogens (tertiary/aromatic N) is 1. The predicted octanol–water partition coefficient (Wildman–Crippen LogP) is 2.42. The van der Waals surface area contributed by atoms with Gasteiger partial charge in [0, 0.05) is 24.9 Å². The van der Waals surface area contributed by atoms with E-state index in [0.717, 1.165) is 5.69 Å². The molecule has 0 amide bonds. The number of rotatable bonds is 7. The summed E-state index contributed by atoms with van der Waals surface area (Å²) < 4.78 is 9.81. The Balaban J connectivity index is 2.67. The van der Waals surface area contributed by atoms with E-state index in [1.54, 1.807) is 38.1 Å². The summed E-state index contributed by atoms with van der Waals surface area (Å²) in [5, 5.41) is 0. The fourth-order valence-electron chi connectivity index (χ4n) is 1.74. The van der Waals surface area contributed by atoms with Gasteiger partial charge in [0.2, 0.25) is 0 Å². The smallest absolute Gasteiger partial charge is 0.338 e. The summed E-state index contributed by atoms with van der Waals surface area (Å²) in [6.07, 6.45) is 0. The van der Waals surface area contributed by atoms with Crippen LogP contribution in [0.5, 0.6) is 0 Å². The molecule has 0 atom stereocenters. The molecule has 0 N–H and O–H groups in total. The number of benzene rings is 1. The first-order valence-electron chi connectivity index (χ1n) is 6.82. The van der Waals surface area contributed by atoms with Crippen LogP contribution in [0.3, 0.4) is 0 Å². The van der Waals surface area contributed by atoms with Crippen molar-refractivity contribution in [3.05, 3.63) is 42.0 Å². The number of hydrogen-bond acceptors (Lipinski definition) is 5. The van der Waals surface area contributed by atoms with E-state index in [9.17, 15) is 9.59 Å². The standard InChI is InChI=1S/C16H21NO4/c1-5-20-15(18)12(3)11-17(4)14-9-7-13(8-10-14)16(19)21-6-2/h7-10H,3,5-6,11H2,1-2,4H3. The maximum Gasteiger partial charge on any atom is 0.338 e. The highest BCUT2D eigenvalue weighted by molar-refractivity contribution is 5.90. The Hall–Kier alpha value is -2.30. The molecule has 0 aliphatic rings. The van der Waals surface area contributed by atoms with Crippen LogP contribution in [0.1, 0.15) is 24.2 Å². The van der Waals surface area contributed by atoms with Crippen LogP contribution < -0.4 is 4.90 Å². The molecule has 114 valence electrons. The molecule has 0 aromatic heterocycles. The van der Waals surface area contributed by atoms with E-state index in [1.165, 1.54) is 0 Å². The van der Waals surface area contributed by atoms with Gasteiger partial charge in [-0.25, -0.2) is 9.59 Å². The van der Waals surface area contributed by atoms with E-state index in [2.05, 4.69) is 6.58 Å². The molecule has 0 saturated carbocycles. The second kappa shape index (κ2) is 8.09. The Morgan fingerprint density at radius 3 is 2.19 bits per heavy atom. The zero-order valence-corrected chi connectivity index (χ0v) is 12.7. The SMILES string of the molecule is C=C(CN(C)c1ccc(C(=O)OCC)cc1)C(=O)OCC. The zero-order chi connectivity index (χ0) is 15.8. The highest BCUT2D eigenvalue weighted by Crippen LogP contribution is 2.15. The molecule has 0 unspecified atom stereocenters. The van der Waals surface area contributed by atoms with Crippen molar-refractivity contribution in [2.45, 2.75) is 13.8 Å². The molecule has 1 aromatic carbocycles. The third-order valence-electron chi connectivity index (χ3n) is 2.81. The van der Waals surface area contributed by atoms with Crippen molar-refractivity contribution in [3.63, 3.8) is 0 Å². The van der Waals surface area contributed by atoms with Gasteiger partial charge >= 0.3 is 11.9 Å². The molecule has 0 radical (unpaired) electrons. The van der Waals surface area contributed by atoms with E-state index in [-0.39, 0.29) is 5.97 Å². The monoisotopic (exact) mass is 291 g/mol. The summed E-state index contributed by atoms with van der Waals surface area (Å²) >= 11 is 0. The van der Waals surface area contributed by atoms with E-state index in [1.807, 2.05) is 11.9 Å². The number of likely N-dealkylation sites (N-methyl/N-ethyl adjacent to an activating group) is 1. The van der Waals surface area contributed by atoms with Gasteiger partial charge in [-0.15, -0.1) is 0 Å². The quantitative estimate of drug-likeness (QED) is 0.570. The topological polar surface area (TPSA) is 55.8 Å². The minimum absolute atomic E-state index is 0.329. The zero-order valence-electron chi connectivity index (χ0n) is 12.7. The molecule has 21 heavy (non-hydrogen) atoms. The largest absolute Gasteiger partial charge is 0.463 e. The molecule has 1 rings (SSSR count). The highest BCUT2D eigenvalue weighted by Gasteiger charge is 2.12. The third kappa shape index (κ3) is 4.95. The first kappa shape index (κ1) is 16.8. The molecular formula is C16H21NO4. The lowest BCUT2D eigenvalue weighted by Gasteiger charge is -2.20. The second-order valence-corrected chi connectivity index (χ2v) is 4.45. The molecule has 5 heteroatoms. The third-order valence-corrected chi connectivity index (χ3v) is 2.81. The molecule has 0 spiro atoms. The van der Waals surface area contributed by atoms with Gasteiger partial charge in [-0.05, 0) is 38.1 Å². The van der Waals surface area contributed by atoms with Crippen LogP contribution in [0.15, 0.2) is 36.4 Å². The van der Waals surface area contributed by atoms with Crippen molar-refractivity contribution < 1.29 is 19.1 Å². The fraction of sp³-hybridized carbons (Fsp3) is 0.375. The Morgan fingerprint density at radius 1 is 1.10 bits per heavy atom. The molecule has 0 bridgehead atoms. The van der Waals surface area contributed by atoms with Gasteiger partial charge in [-0.1, -0.05) is 6.58 Å². The van der Waals surface area contributed by atoms with E-state index >= 15 is 0 Å². The summed E-state index contributed by atoms with van der Waals surface area (Å²) in [7, 11) is 1.84. The van der Waals surface area contributed by atoms with Crippen molar-refractivity contribution in [1.29, 1.82) is 0 Å². The minimum Gasteiger partial charge on any atom is -0.463 e. The van der Waals surface area contributed by atoms with Crippen LogP contribution in [0.25, 0.3) is 0 Å². The molecule has 0 aliphatic heterocycles. The first-order chi connectivity index (χ1) is 9.99. The summed E-state index contributed by atoms with van der Waals surface area (Å²) in [5.74, 6) is -0.741. The van der Waals surface area contributed by atoms with Crippen molar-refractivity contribution in [3.8, 4) is 0 Å². The lowest BCUT2D eigenvalue weighted by atomic mass is 10.2. The molecule has 0 aliphatic carbocycles. The van der Waals surface area contributed by atoms with Gasteiger partial charge in [-0.2, -0.15) is 0 Å². The number of ether oxygens (including phenoxy) is 2. The summed E-state index contributed by atoms with van der Waals surface area (Å²) in [5.41, 5.74) is 1.75. The number of carbonyl (C=O) groups excluding carboxylic acids is 2. The Bertz CT molecular complexity index is 508. The Labute approximate surface area is 125 Å². The average Bonchev–Trinajstić information content (AvgIpc) is 2.47. The predicted molar refractivity (Wildman–Crippen MR) is 81.4 cm³/mol. The second-order valence-electron chi connectivity index (χ2n) is 4.45. The van der Waals surface area contributed by atoms with Gasteiger partial charge in [0.05, 0.1) is 18.8 Å². The van der Waals surface area contributed by atoms with Crippen molar-refractivity contribution in [2.75, 3.05) is 31.7 Å². The molecular weight excluding hydrogens is 270 g/mol. The van der Waals surface area contributed by atoms with Gasteiger partial charge in [-0.3, -0.25) is 0 Å². The van der Waals surface area contributed by atoms with Crippen LogP contribution in [0.4, 0.5) is 5.69 Å². The van der Waals surface area contributed by atoms with Gasteiger partial charge in [0.15, 0.2) is 0 Å². The number of anilines is 1. The van der Waals surface area contributed by atoms with Gasteiger partial charge in [0.1, 0.15) is 0 Å². The normalized spacial score (nSPS) is 9.86. The van der Waals surface area contributed by atoms with Gasteiger partial charge < -0.3 is 14.4 Å². The molecule has 5 nitrogen and oxygen atoms in total. The average molecular weight is 291 g/mol. The summed E-state index contributed by atoms with van der Waals surface area (Å²) in [4.78, 5) is 24.9. The maximum absolute atomic E-state index is 11.6. The molecule has 1 aromatic rings. The Kier molecular flexibility index (Phi) is 6.46. The van der Waals surface area contributed by atoms with Crippen LogP contribution in [-0.4, -0.2) is 38.7 Å². The molecule has 0 fully saturated rings. The molecule has 0 heterocycles. The van der Waals surface area contributed by atoms with E-state index in [0.29, 0.717) is 30.9 Å². The number of esters is 2. The van der Waals surface area contributed by atoms with Crippen LogP contribution >= 0.6 is 0 Å². The van der Waals surface area contributed by atoms with Crippen molar-refractivity contribution >= 4 is 17.6 Å². The maximum atomic E-state index is 11.6. The van der Waals surface area contributed by atoms with E-state index in [4.69, 9.17) is 9.47 Å². The number of hydrogen-bond donors (Lipinski definition) is 0. The number of carbonyl (C=O) groups is 2. The Morgan fingerprint density at radius 2 is 1.67 bits per heavy atom. The minimum atomic E-state index is -0.396. The molecule has 0 saturated heterocycles. The van der Waals surface area contributed by atoms with E-state index < -0.39 is 5.97 Å². The van der Waals surface area contributed by atoms with Gasteiger partial charge in [0.25, 0.3) is 0 Å². The summed E-state index contributed by atoms with van der Waals surface area (Å²) in [6.45, 7) is 8.27. The van der Waals surface area contributed by atoms with Crippen LogP contribution in [0.2, 0.25) is 0 Å². The van der Waals surface area contributed by atoms with Crippen molar-refractivity contribution in [1.82, 2.24) is 0 Å². The van der Waals surface area contributed by atoms with Crippen molar-refractivity contribution in [2.24, 2.45) is 0 Å². The first-order valence-corrected chi connectivity index (χ1v) is 6.82. The van der Waals surface area contributed by atoms with Crippen LogP contribution in [0, 0.1) is 0 Å².